The molecule has 1 fully saturated rings. The lowest BCUT2D eigenvalue weighted by atomic mass is 9.96. The number of hydrogen-bond acceptors (Lipinski definition) is 6. The van der Waals surface area contributed by atoms with E-state index in [2.05, 4.69) is 21.9 Å². The lowest BCUT2D eigenvalue weighted by Crippen LogP contribution is -2.64. The van der Waals surface area contributed by atoms with Crippen LogP contribution in [0.25, 0.3) is 10.4 Å². The van der Waals surface area contributed by atoms with Crippen LogP contribution in [0.3, 0.4) is 0 Å². The fourth-order valence-corrected chi connectivity index (χ4v) is 1.86. The molecule has 4 N–H and O–H groups in total. The standard InChI is InChI=1S/C11H18N4O5/c1-2-3-4-7(16)14-8-10(18)9(17)6(5-13-15-12)20-11(8)19/h2,6,8-11,17-19H,1,3-5H2,(H,14,16)/t6?,8?,9-,10-,11-/m1/s1. The Morgan fingerprint density at radius 2 is 2.15 bits per heavy atom. The molecule has 1 amide bonds. The highest BCUT2D eigenvalue weighted by Crippen LogP contribution is 2.20. The van der Waals surface area contributed by atoms with E-state index in [1.165, 1.54) is 0 Å². The first-order valence-electron chi connectivity index (χ1n) is 6.12. The number of allylic oxidation sites excluding steroid dienone is 1. The fourth-order valence-electron chi connectivity index (χ4n) is 1.86. The third kappa shape index (κ3) is 4.19. The molecule has 20 heavy (non-hydrogen) atoms. The highest BCUT2D eigenvalue weighted by atomic mass is 16.6. The van der Waals surface area contributed by atoms with Gasteiger partial charge in [0.05, 0.1) is 12.6 Å². The van der Waals surface area contributed by atoms with Gasteiger partial charge < -0.3 is 25.4 Å². The summed E-state index contributed by atoms with van der Waals surface area (Å²) in [5, 5.41) is 35.0. The highest BCUT2D eigenvalue weighted by molar-refractivity contribution is 5.76. The number of aliphatic hydroxyl groups excluding tert-OH is 3. The van der Waals surface area contributed by atoms with Gasteiger partial charge in [0.2, 0.25) is 5.91 Å². The topological polar surface area (TPSA) is 148 Å². The zero-order valence-electron chi connectivity index (χ0n) is 10.8. The maximum Gasteiger partial charge on any atom is 0.220 e. The molecule has 0 aliphatic carbocycles. The predicted molar refractivity (Wildman–Crippen MR) is 68.3 cm³/mol. The number of ether oxygens (including phenoxy) is 1. The normalized spacial score (nSPS) is 33.0. The summed E-state index contributed by atoms with van der Waals surface area (Å²) in [7, 11) is 0. The van der Waals surface area contributed by atoms with Crippen LogP contribution in [0.1, 0.15) is 12.8 Å². The van der Waals surface area contributed by atoms with E-state index in [-0.39, 0.29) is 13.0 Å². The van der Waals surface area contributed by atoms with Crippen LogP contribution in [0.4, 0.5) is 0 Å². The molecule has 0 bridgehead atoms. The van der Waals surface area contributed by atoms with Gasteiger partial charge in [0, 0.05) is 11.3 Å². The molecule has 0 aromatic rings. The molecule has 0 aromatic heterocycles. The first kappa shape index (κ1) is 16.4. The quantitative estimate of drug-likeness (QED) is 0.218. The molecule has 9 nitrogen and oxygen atoms in total. The van der Waals surface area contributed by atoms with Gasteiger partial charge in [0.25, 0.3) is 0 Å². The number of nitrogens with zero attached hydrogens (tertiary/aromatic N) is 3. The zero-order valence-corrected chi connectivity index (χ0v) is 10.8. The molecular weight excluding hydrogens is 268 g/mol. The zero-order chi connectivity index (χ0) is 15.1. The van der Waals surface area contributed by atoms with E-state index < -0.39 is 36.6 Å². The lowest BCUT2D eigenvalue weighted by molar-refractivity contribution is -0.244. The highest BCUT2D eigenvalue weighted by Gasteiger charge is 2.44. The Kier molecular flexibility index (Phi) is 6.43. The van der Waals surface area contributed by atoms with E-state index in [9.17, 15) is 20.1 Å². The molecule has 1 aliphatic rings. The molecule has 5 atom stereocenters. The van der Waals surface area contributed by atoms with Crippen LogP contribution in [0.15, 0.2) is 17.8 Å². The van der Waals surface area contributed by atoms with E-state index in [1.54, 1.807) is 6.08 Å². The van der Waals surface area contributed by atoms with Gasteiger partial charge in [0.15, 0.2) is 6.29 Å². The second kappa shape index (κ2) is 7.83. The summed E-state index contributed by atoms with van der Waals surface area (Å²) in [4.78, 5) is 14.0. The van der Waals surface area contributed by atoms with Gasteiger partial charge in [-0.05, 0) is 12.0 Å². The number of nitrogens with one attached hydrogen (secondary N) is 1. The van der Waals surface area contributed by atoms with Crippen LogP contribution in [-0.4, -0.2) is 58.4 Å². The molecular formula is C11H18N4O5. The summed E-state index contributed by atoms with van der Waals surface area (Å²) in [5.74, 6) is -0.405. The second-order valence-electron chi connectivity index (χ2n) is 4.38. The minimum atomic E-state index is -1.50. The molecule has 1 saturated heterocycles. The SMILES string of the molecule is C=CCCC(=O)NC1[C@H](O)OC(CN=[N+]=[N-])[C@@H](O)[C@@H]1O. The fraction of sp³-hybridized carbons (Fsp3) is 0.727. The number of aliphatic hydroxyl groups is 3. The van der Waals surface area contributed by atoms with Crippen molar-refractivity contribution in [3.63, 3.8) is 0 Å². The van der Waals surface area contributed by atoms with Crippen LogP contribution in [0.2, 0.25) is 0 Å². The summed E-state index contributed by atoms with van der Waals surface area (Å²) in [6, 6.07) is -1.15. The van der Waals surface area contributed by atoms with Crippen molar-refractivity contribution in [2.75, 3.05) is 6.54 Å². The Morgan fingerprint density at radius 3 is 2.75 bits per heavy atom. The summed E-state index contributed by atoms with van der Waals surface area (Å²) in [5.41, 5.74) is 8.20. The second-order valence-corrected chi connectivity index (χ2v) is 4.38. The Morgan fingerprint density at radius 1 is 1.45 bits per heavy atom. The number of hydrogen-bond donors (Lipinski definition) is 4. The van der Waals surface area contributed by atoms with Crippen LogP contribution in [0, 0.1) is 0 Å². The van der Waals surface area contributed by atoms with Crippen molar-refractivity contribution >= 4 is 5.91 Å². The van der Waals surface area contributed by atoms with Crippen molar-refractivity contribution in [3.05, 3.63) is 23.1 Å². The monoisotopic (exact) mass is 286 g/mol. The lowest BCUT2D eigenvalue weighted by Gasteiger charge is -2.40. The average Bonchev–Trinajstić information content (AvgIpc) is 2.43. The predicted octanol–water partition coefficient (Wildman–Crippen LogP) is -0.813. The molecule has 0 saturated carbocycles. The van der Waals surface area contributed by atoms with E-state index in [0.29, 0.717) is 6.42 Å². The van der Waals surface area contributed by atoms with Crippen LogP contribution >= 0.6 is 0 Å². The van der Waals surface area contributed by atoms with Gasteiger partial charge in [-0.25, -0.2) is 0 Å². The number of amides is 1. The Labute approximate surface area is 115 Å². The minimum absolute atomic E-state index is 0.150. The summed E-state index contributed by atoms with van der Waals surface area (Å²) < 4.78 is 5.03. The van der Waals surface area contributed by atoms with Gasteiger partial charge in [0.1, 0.15) is 18.2 Å². The van der Waals surface area contributed by atoms with E-state index in [1.807, 2.05) is 0 Å². The van der Waals surface area contributed by atoms with Crippen LogP contribution in [0.5, 0.6) is 0 Å². The van der Waals surface area contributed by atoms with Crippen LogP contribution in [-0.2, 0) is 9.53 Å². The number of carbonyl (C=O) groups is 1. The van der Waals surface area contributed by atoms with E-state index >= 15 is 0 Å². The Balaban J connectivity index is 2.63. The average molecular weight is 286 g/mol. The van der Waals surface area contributed by atoms with E-state index in [0.717, 1.165) is 0 Å². The smallest absolute Gasteiger partial charge is 0.220 e. The number of carbonyl (C=O) groups excluding carboxylic acids is 1. The van der Waals surface area contributed by atoms with Crippen molar-refractivity contribution in [2.24, 2.45) is 5.11 Å². The van der Waals surface area contributed by atoms with Gasteiger partial charge in [-0.15, -0.1) is 6.58 Å². The summed E-state index contributed by atoms with van der Waals surface area (Å²) in [6.07, 6.45) is -3.17. The minimum Gasteiger partial charge on any atom is -0.388 e. The Hall–Kier alpha value is -1.64. The molecule has 0 spiro atoms. The maximum absolute atomic E-state index is 11.5. The Bertz CT molecular complexity index is 398. The van der Waals surface area contributed by atoms with Gasteiger partial charge in [-0.1, -0.05) is 11.2 Å². The number of rotatable bonds is 6. The third-order valence-corrected chi connectivity index (χ3v) is 2.95. The molecule has 1 aliphatic heterocycles. The van der Waals surface area contributed by atoms with Crippen molar-refractivity contribution in [1.29, 1.82) is 0 Å². The molecule has 2 unspecified atom stereocenters. The van der Waals surface area contributed by atoms with Gasteiger partial charge >= 0.3 is 0 Å². The van der Waals surface area contributed by atoms with Gasteiger partial charge in [-0.3, -0.25) is 4.79 Å². The molecule has 0 aromatic carbocycles. The van der Waals surface area contributed by atoms with Gasteiger partial charge in [-0.2, -0.15) is 0 Å². The molecule has 1 rings (SSSR count). The third-order valence-electron chi connectivity index (χ3n) is 2.95. The first-order valence-corrected chi connectivity index (χ1v) is 6.12. The maximum atomic E-state index is 11.5. The summed E-state index contributed by atoms with van der Waals surface area (Å²) >= 11 is 0. The summed E-state index contributed by atoms with van der Waals surface area (Å²) in [6.45, 7) is 3.24. The van der Waals surface area contributed by atoms with Crippen molar-refractivity contribution in [1.82, 2.24) is 5.32 Å². The molecule has 1 heterocycles. The molecule has 9 heteroatoms. The number of azide groups is 1. The van der Waals surface area contributed by atoms with E-state index in [4.69, 9.17) is 10.3 Å². The van der Waals surface area contributed by atoms with Crippen LogP contribution < -0.4 is 5.32 Å². The first-order chi connectivity index (χ1) is 9.51. The largest absolute Gasteiger partial charge is 0.388 e. The molecule has 0 radical (unpaired) electrons. The molecule has 112 valence electrons. The van der Waals surface area contributed by atoms with Crippen molar-refractivity contribution in [3.8, 4) is 0 Å². The van der Waals surface area contributed by atoms with Crippen molar-refractivity contribution in [2.45, 2.75) is 43.5 Å². The van der Waals surface area contributed by atoms with Crippen molar-refractivity contribution < 1.29 is 24.9 Å².